The third-order valence-electron chi connectivity index (χ3n) is 3.79. The predicted molar refractivity (Wildman–Crippen MR) is 107 cm³/mol. The van der Waals surface area contributed by atoms with Crippen molar-refractivity contribution in [1.82, 2.24) is 5.32 Å². The highest BCUT2D eigenvalue weighted by Crippen LogP contribution is 2.31. The van der Waals surface area contributed by atoms with Crippen molar-refractivity contribution in [1.29, 1.82) is 0 Å². The van der Waals surface area contributed by atoms with E-state index in [2.05, 4.69) is 11.9 Å². The van der Waals surface area contributed by atoms with Gasteiger partial charge in [-0.3, -0.25) is 0 Å². The van der Waals surface area contributed by atoms with Gasteiger partial charge in [-0.2, -0.15) is 0 Å². The lowest BCUT2D eigenvalue weighted by Crippen LogP contribution is -2.30. The van der Waals surface area contributed by atoms with Gasteiger partial charge < -0.3 is 29.0 Å². The number of rotatable bonds is 12. The van der Waals surface area contributed by atoms with E-state index in [1.54, 1.807) is 19.2 Å². The molecule has 0 aliphatic carbocycles. The lowest BCUT2D eigenvalue weighted by Gasteiger charge is -2.11. The van der Waals surface area contributed by atoms with Gasteiger partial charge in [0.15, 0.2) is 0 Å². The number of benzene rings is 2. The molecule has 8 nitrogen and oxygen atoms in total. The standard InChI is InChI=1S/C21H25NO7/c1-3-20(23)28-15-14-27-13-12-26-11-10-22-21(24)29-19-9-5-6-16-17(19)7-4-8-18(16)25-2/h3-9H,1,10-15H2,2H3,(H,22,24). The van der Waals surface area contributed by atoms with Crippen LogP contribution in [-0.2, 0) is 19.0 Å². The quantitative estimate of drug-likeness (QED) is 0.331. The van der Waals surface area contributed by atoms with Gasteiger partial charge >= 0.3 is 12.1 Å². The maximum absolute atomic E-state index is 12.0. The molecule has 0 bridgehead atoms. The first-order valence-electron chi connectivity index (χ1n) is 9.11. The Hall–Kier alpha value is -3.10. The first-order chi connectivity index (χ1) is 14.2. The van der Waals surface area contributed by atoms with Crippen LogP contribution in [0.4, 0.5) is 4.79 Å². The monoisotopic (exact) mass is 403 g/mol. The molecule has 2 aromatic carbocycles. The Balaban J connectivity index is 1.62. The minimum Gasteiger partial charge on any atom is -0.496 e. The average Bonchev–Trinajstić information content (AvgIpc) is 2.74. The number of carbonyl (C=O) groups excluding carboxylic acids is 2. The van der Waals surface area contributed by atoms with Crippen LogP contribution in [0.25, 0.3) is 10.8 Å². The van der Waals surface area contributed by atoms with E-state index in [4.69, 9.17) is 23.7 Å². The summed E-state index contributed by atoms with van der Waals surface area (Å²) < 4.78 is 26.1. The van der Waals surface area contributed by atoms with Crippen LogP contribution in [0.3, 0.4) is 0 Å². The molecule has 156 valence electrons. The van der Waals surface area contributed by atoms with Crippen LogP contribution < -0.4 is 14.8 Å². The van der Waals surface area contributed by atoms with E-state index < -0.39 is 12.1 Å². The van der Waals surface area contributed by atoms with E-state index in [1.165, 1.54) is 0 Å². The molecule has 0 atom stereocenters. The van der Waals surface area contributed by atoms with Crippen LogP contribution in [-0.4, -0.2) is 58.8 Å². The summed E-state index contributed by atoms with van der Waals surface area (Å²) in [5.41, 5.74) is 0. The zero-order valence-electron chi connectivity index (χ0n) is 16.3. The Kier molecular flexibility index (Phi) is 9.47. The number of methoxy groups -OCH3 is 1. The van der Waals surface area contributed by atoms with Crippen molar-refractivity contribution in [2.24, 2.45) is 0 Å². The van der Waals surface area contributed by atoms with Crippen LogP contribution in [0.1, 0.15) is 0 Å². The number of hydrogen-bond acceptors (Lipinski definition) is 7. The van der Waals surface area contributed by atoms with Gasteiger partial charge in [-0.25, -0.2) is 9.59 Å². The lowest BCUT2D eigenvalue weighted by molar-refractivity contribution is -0.139. The Labute approximate surface area is 169 Å². The molecule has 1 N–H and O–H groups in total. The molecule has 29 heavy (non-hydrogen) atoms. The van der Waals surface area contributed by atoms with Crippen LogP contribution in [0, 0.1) is 0 Å². The molecule has 0 radical (unpaired) electrons. The van der Waals surface area contributed by atoms with E-state index in [0.29, 0.717) is 37.9 Å². The number of hydrogen-bond donors (Lipinski definition) is 1. The molecule has 8 heteroatoms. The predicted octanol–water partition coefficient (Wildman–Crippen LogP) is 2.70. The van der Waals surface area contributed by atoms with Gasteiger partial charge in [0.05, 0.1) is 33.5 Å². The molecule has 0 aromatic heterocycles. The molecule has 2 aromatic rings. The van der Waals surface area contributed by atoms with Crippen LogP contribution in [0.5, 0.6) is 11.5 Å². The largest absolute Gasteiger partial charge is 0.496 e. The smallest absolute Gasteiger partial charge is 0.412 e. The molecule has 0 unspecified atom stereocenters. The summed E-state index contributed by atoms with van der Waals surface area (Å²) in [4.78, 5) is 22.8. The fraction of sp³-hybridized carbons (Fsp3) is 0.333. The SMILES string of the molecule is C=CC(=O)OCCOCCOCCNC(=O)Oc1cccc2c(OC)cccc12. The second-order valence-electron chi connectivity index (χ2n) is 5.72. The molecular weight excluding hydrogens is 378 g/mol. The molecular formula is C21H25NO7. The van der Waals surface area contributed by atoms with Gasteiger partial charge in [0.25, 0.3) is 0 Å². The molecule has 0 saturated carbocycles. The fourth-order valence-corrected chi connectivity index (χ4v) is 2.46. The number of esters is 1. The third kappa shape index (κ3) is 7.44. The number of fused-ring (bicyclic) bond motifs is 1. The summed E-state index contributed by atoms with van der Waals surface area (Å²) in [5.74, 6) is 0.679. The molecule has 0 fully saturated rings. The summed E-state index contributed by atoms with van der Waals surface area (Å²) in [6.45, 7) is 5.06. The first kappa shape index (κ1) is 22.2. The van der Waals surface area contributed by atoms with E-state index >= 15 is 0 Å². The van der Waals surface area contributed by atoms with Crippen molar-refractivity contribution < 1.29 is 33.3 Å². The van der Waals surface area contributed by atoms with Crippen molar-refractivity contribution in [3.05, 3.63) is 49.1 Å². The van der Waals surface area contributed by atoms with Gasteiger partial charge in [-0.15, -0.1) is 0 Å². The second-order valence-corrected chi connectivity index (χ2v) is 5.72. The molecule has 0 spiro atoms. The summed E-state index contributed by atoms with van der Waals surface area (Å²) >= 11 is 0. The maximum Gasteiger partial charge on any atom is 0.412 e. The van der Waals surface area contributed by atoms with E-state index in [0.717, 1.165) is 16.8 Å². The Morgan fingerprint density at radius 3 is 2.24 bits per heavy atom. The van der Waals surface area contributed by atoms with E-state index in [9.17, 15) is 9.59 Å². The van der Waals surface area contributed by atoms with Gasteiger partial charge in [0, 0.05) is 23.4 Å². The van der Waals surface area contributed by atoms with E-state index in [-0.39, 0.29) is 13.2 Å². The molecule has 0 heterocycles. The topological polar surface area (TPSA) is 92.3 Å². The molecule has 0 aliphatic heterocycles. The summed E-state index contributed by atoms with van der Waals surface area (Å²) in [7, 11) is 1.59. The highest BCUT2D eigenvalue weighted by atomic mass is 16.6. The molecule has 0 saturated heterocycles. The Morgan fingerprint density at radius 2 is 1.55 bits per heavy atom. The third-order valence-corrected chi connectivity index (χ3v) is 3.79. The van der Waals surface area contributed by atoms with E-state index in [1.807, 2.05) is 24.3 Å². The lowest BCUT2D eigenvalue weighted by atomic mass is 10.1. The zero-order chi connectivity index (χ0) is 20.9. The second kappa shape index (κ2) is 12.4. The number of ether oxygens (including phenoxy) is 5. The highest BCUT2D eigenvalue weighted by molar-refractivity contribution is 5.94. The Bertz CT molecular complexity index is 822. The van der Waals surface area contributed by atoms with Crippen LogP contribution in [0.2, 0.25) is 0 Å². The van der Waals surface area contributed by atoms with Gasteiger partial charge in [0.1, 0.15) is 18.1 Å². The molecule has 2 rings (SSSR count). The molecule has 1 amide bonds. The van der Waals surface area contributed by atoms with Crippen LogP contribution in [0.15, 0.2) is 49.1 Å². The number of amides is 1. The van der Waals surface area contributed by atoms with Crippen molar-refractivity contribution in [2.45, 2.75) is 0 Å². The Morgan fingerprint density at radius 1 is 0.931 bits per heavy atom. The maximum atomic E-state index is 12.0. The van der Waals surface area contributed by atoms with Gasteiger partial charge in [-0.1, -0.05) is 30.8 Å². The van der Waals surface area contributed by atoms with Crippen molar-refractivity contribution in [3.63, 3.8) is 0 Å². The minimum absolute atomic E-state index is 0.165. The highest BCUT2D eigenvalue weighted by Gasteiger charge is 2.09. The number of nitrogens with one attached hydrogen (secondary N) is 1. The van der Waals surface area contributed by atoms with Crippen molar-refractivity contribution >= 4 is 22.8 Å². The average molecular weight is 403 g/mol. The normalized spacial score (nSPS) is 10.4. The van der Waals surface area contributed by atoms with Crippen molar-refractivity contribution in [2.75, 3.05) is 46.7 Å². The van der Waals surface area contributed by atoms with Crippen LogP contribution >= 0.6 is 0 Å². The van der Waals surface area contributed by atoms with Crippen molar-refractivity contribution in [3.8, 4) is 11.5 Å². The zero-order valence-corrected chi connectivity index (χ0v) is 16.3. The summed E-state index contributed by atoms with van der Waals surface area (Å²) in [5, 5.41) is 4.28. The summed E-state index contributed by atoms with van der Waals surface area (Å²) in [6.07, 6.45) is 0.530. The van der Waals surface area contributed by atoms with Gasteiger partial charge in [0.2, 0.25) is 0 Å². The molecule has 0 aliphatic rings. The first-order valence-corrected chi connectivity index (χ1v) is 9.11. The van der Waals surface area contributed by atoms with Gasteiger partial charge in [-0.05, 0) is 12.1 Å². The minimum atomic E-state index is -0.566. The fourth-order valence-electron chi connectivity index (χ4n) is 2.46. The number of carbonyl (C=O) groups is 2. The summed E-state index contributed by atoms with van der Waals surface area (Å²) in [6, 6.07) is 11.0.